The molecule has 1 aromatic rings. The van der Waals surface area contributed by atoms with Crippen LogP contribution in [0.15, 0.2) is 18.2 Å². The van der Waals surface area contributed by atoms with Gasteiger partial charge >= 0.3 is 0 Å². The average Bonchev–Trinajstić information content (AvgIpc) is 2.26. The van der Waals surface area contributed by atoms with Crippen LogP contribution in [0.3, 0.4) is 0 Å². The summed E-state index contributed by atoms with van der Waals surface area (Å²) in [7, 11) is 0. The first-order chi connectivity index (χ1) is 7.74. The van der Waals surface area contributed by atoms with Crippen LogP contribution in [0, 0.1) is 5.82 Å². The van der Waals surface area contributed by atoms with Crippen LogP contribution in [0.4, 0.5) is 10.1 Å². The lowest BCUT2D eigenvalue weighted by molar-refractivity contribution is 0.0967. The summed E-state index contributed by atoms with van der Waals surface area (Å²) in [5.41, 5.74) is 5.81. The number of ether oxygens (including phenoxy) is 2. The van der Waals surface area contributed by atoms with E-state index in [0.29, 0.717) is 18.9 Å². The number of unbranched alkanes of at least 4 members (excludes halogenated alkanes) is 1. The monoisotopic (exact) mass is 227 g/mol. The Morgan fingerprint density at radius 3 is 2.75 bits per heavy atom. The fourth-order valence-corrected chi connectivity index (χ4v) is 1.19. The van der Waals surface area contributed by atoms with Gasteiger partial charge in [0.15, 0.2) is 11.6 Å². The van der Waals surface area contributed by atoms with Crippen LogP contribution < -0.4 is 10.5 Å². The standard InChI is InChI=1S/C12H18FNO2/c1-2-3-6-15-7-8-16-12-5-4-10(14)9-11(12)13/h4-5,9H,2-3,6-8,14H2,1H3. The zero-order valence-electron chi connectivity index (χ0n) is 9.54. The lowest BCUT2D eigenvalue weighted by Gasteiger charge is -2.08. The largest absolute Gasteiger partial charge is 0.488 e. The van der Waals surface area contributed by atoms with Gasteiger partial charge in [-0.25, -0.2) is 4.39 Å². The molecule has 4 heteroatoms. The van der Waals surface area contributed by atoms with Gasteiger partial charge in [0.25, 0.3) is 0 Å². The lowest BCUT2D eigenvalue weighted by Crippen LogP contribution is -2.08. The van der Waals surface area contributed by atoms with Crippen molar-refractivity contribution in [2.75, 3.05) is 25.6 Å². The summed E-state index contributed by atoms with van der Waals surface area (Å²) in [5, 5.41) is 0. The third-order valence-corrected chi connectivity index (χ3v) is 2.08. The summed E-state index contributed by atoms with van der Waals surface area (Å²) >= 11 is 0. The van der Waals surface area contributed by atoms with Gasteiger partial charge in [-0.05, 0) is 18.6 Å². The van der Waals surface area contributed by atoms with E-state index in [-0.39, 0.29) is 5.75 Å². The Labute approximate surface area is 95.4 Å². The molecule has 3 nitrogen and oxygen atoms in total. The summed E-state index contributed by atoms with van der Waals surface area (Å²) in [6.45, 7) is 3.65. The van der Waals surface area contributed by atoms with E-state index in [2.05, 4.69) is 6.92 Å². The molecule has 16 heavy (non-hydrogen) atoms. The third kappa shape index (κ3) is 4.49. The van der Waals surface area contributed by atoms with E-state index in [1.165, 1.54) is 12.1 Å². The van der Waals surface area contributed by atoms with Crippen molar-refractivity contribution in [1.82, 2.24) is 0 Å². The van der Waals surface area contributed by atoms with Crippen LogP contribution in [0.1, 0.15) is 19.8 Å². The van der Waals surface area contributed by atoms with Gasteiger partial charge in [-0.2, -0.15) is 0 Å². The first-order valence-corrected chi connectivity index (χ1v) is 5.49. The predicted octanol–water partition coefficient (Wildman–Crippen LogP) is 2.60. The number of benzene rings is 1. The van der Waals surface area contributed by atoms with Crippen LogP contribution in [0.2, 0.25) is 0 Å². The molecule has 0 amide bonds. The fraction of sp³-hybridized carbons (Fsp3) is 0.500. The van der Waals surface area contributed by atoms with Crippen LogP contribution >= 0.6 is 0 Å². The normalized spacial score (nSPS) is 10.4. The zero-order chi connectivity index (χ0) is 11.8. The quantitative estimate of drug-likeness (QED) is 0.575. The second-order valence-corrected chi connectivity index (χ2v) is 3.50. The minimum absolute atomic E-state index is 0.216. The number of hydrogen-bond acceptors (Lipinski definition) is 3. The predicted molar refractivity (Wildman–Crippen MR) is 62.0 cm³/mol. The topological polar surface area (TPSA) is 44.5 Å². The Bertz CT molecular complexity index is 318. The highest BCUT2D eigenvalue weighted by Gasteiger charge is 2.02. The molecule has 0 unspecified atom stereocenters. The first-order valence-electron chi connectivity index (χ1n) is 5.49. The van der Waals surface area contributed by atoms with E-state index in [1.54, 1.807) is 6.07 Å². The molecule has 0 fully saturated rings. The smallest absolute Gasteiger partial charge is 0.167 e. The SMILES string of the molecule is CCCCOCCOc1ccc(N)cc1F. The highest BCUT2D eigenvalue weighted by molar-refractivity contribution is 5.42. The summed E-state index contributed by atoms with van der Waals surface area (Å²) in [4.78, 5) is 0. The molecule has 0 saturated carbocycles. The van der Waals surface area contributed by atoms with Gasteiger partial charge in [-0.3, -0.25) is 0 Å². The second kappa shape index (κ2) is 7.06. The van der Waals surface area contributed by atoms with Gasteiger partial charge in [0.1, 0.15) is 6.61 Å². The van der Waals surface area contributed by atoms with Gasteiger partial charge in [0, 0.05) is 18.4 Å². The Kier molecular flexibility index (Phi) is 5.64. The molecule has 0 aliphatic heterocycles. The summed E-state index contributed by atoms with van der Waals surface area (Å²) in [5.74, 6) is -0.221. The molecule has 0 spiro atoms. The molecule has 2 N–H and O–H groups in total. The van der Waals surface area contributed by atoms with Gasteiger partial charge in [0.05, 0.1) is 6.61 Å². The number of anilines is 1. The maximum absolute atomic E-state index is 13.2. The molecule has 0 radical (unpaired) electrons. The molecule has 0 aliphatic rings. The molecule has 0 saturated heterocycles. The van der Waals surface area contributed by atoms with E-state index >= 15 is 0 Å². The van der Waals surface area contributed by atoms with E-state index in [1.807, 2.05) is 0 Å². The molecule has 90 valence electrons. The number of hydrogen-bond donors (Lipinski definition) is 1. The first kappa shape index (κ1) is 12.8. The van der Waals surface area contributed by atoms with E-state index in [9.17, 15) is 4.39 Å². The molecular weight excluding hydrogens is 209 g/mol. The fourth-order valence-electron chi connectivity index (χ4n) is 1.19. The van der Waals surface area contributed by atoms with Gasteiger partial charge in [-0.1, -0.05) is 13.3 Å². The maximum atomic E-state index is 13.2. The molecule has 0 aliphatic carbocycles. The van der Waals surface area contributed by atoms with Crippen molar-refractivity contribution in [3.05, 3.63) is 24.0 Å². The minimum Gasteiger partial charge on any atom is -0.488 e. The number of nitrogen functional groups attached to an aromatic ring is 1. The van der Waals surface area contributed by atoms with Crippen LogP contribution in [0.5, 0.6) is 5.75 Å². The molecule has 1 aromatic carbocycles. The summed E-state index contributed by atoms with van der Waals surface area (Å²) in [6, 6.07) is 4.38. The summed E-state index contributed by atoms with van der Waals surface area (Å²) in [6.07, 6.45) is 2.14. The van der Waals surface area contributed by atoms with Gasteiger partial charge < -0.3 is 15.2 Å². The van der Waals surface area contributed by atoms with Gasteiger partial charge in [0.2, 0.25) is 0 Å². The average molecular weight is 227 g/mol. The van der Waals surface area contributed by atoms with Crippen molar-refractivity contribution in [3.8, 4) is 5.75 Å². The van der Waals surface area contributed by atoms with Crippen molar-refractivity contribution in [2.24, 2.45) is 0 Å². The number of halogens is 1. The van der Waals surface area contributed by atoms with Crippen molar-refractivity contribution >= 4 is 5.69 Å². The van der Waals surface area contributed by atoms with Crippen molar-refractivity contribution in [3.63, 3.8) is 0 Å². The summed E-state index contributed by atoms with van der Waals surface area (Å²) < 4.78 is 23.7. The Morgan fingerprint density at radius 2 is 2.06 bits per heavy atom. The molecular formula is C12H18FNO2. The molecule has 0 atom stereocenters. The van der Waals surface area contributed by atoms with E-state index < -0.39 is 5.82 Å². The Balaban J connectivity index is 2.21. The lowest BCUT2D eigenvalue weighted by atomic mass is 10.3. The Morgan fingerprint density at radius 1 is 1.25 bits per heavy atom. The molecule has 1 rings (SSSR count). The van der Waals surface area contributed by atoms with Crippen LogP contribution in [0.25, 0.3) is 0 Å². The van der Waals surface area contributed by atoms with Crippen LogP contribution in [-0.4, -0.2) is 19.8 Å². The zero-order valence-corrected chi connectivity index (χ0v) is 9.54. The van der Waals surface area contributed by atoms with Crippen LogP contribution in [-0.2, 0) is 4.74 Å². The molecule has 0 bridgehead atoms. The van der Waals surface area contributed by atoms with E-state index in [0.717, 1.165) is 19.4 Å². The van der Waals surface area contributed by atoms with Crippen molar-refractivity contribution in [1.29, 1.82) is 0 Å². The minimum atomic E-state index is -0.437. The highest BCUT2D eigenvalue weighted by atomic mass is 19.1. The maximum Gasteiger partial charge on any atom is 0.167 e. The molecule has 0 heterocycles. The van der Waals surface area contributed by atoms with Crippen molar-refractivity contribution < 1.29 is 13.9 Å². The molecule has 0 aromatic heterocycles. The van der Waals surface area contributed by atoms with E-state index in [4.69, 9.17) is 15.2 Å². The van der Waals surface area contributed by atoms with Crippen molar-refractivity contribution in [2.45, 2.75) is 19.8 Å². The third-order valence-electron chi connectivity index (χ3n) is 2.08. The highest BCUT2D eigenvalue weighted by Crippen LogP contribution is 2.18. The van der Waals surface area contributed by atoms with Gasteiger partial charge in [-0.15, -0.1) is 0 Å². The number of nitrogens with two attached hydrogens (primary N) is 1. The number of rotatable bonds is 7. The second-order valence-electron chi connectivity index (χ2n) is 3.50. The Hall–Kier alpha value is -1.29.